The third kappa shape index (κ3) is 2.50. The summed E-state index contributed by atoms with van der Waals surface area (Å²) in [7, 11) is 0. The van der Waals surface area contributed by atoms with Crippen molar-refractivity contribution in [2.45, 2.75) is 20.1 Å². The summed E-state index contributed by atoms with van der Waals surface area (Å²) < 4.78 is 7.21. The Morgan fingerprint density at radius 1 is 1.14 bits per heavy atom. The van der Waals surface area contributed by atoms with Crippen LogP contribution in [-0.4, -0.2) is 22.2 Å². The number of para-hydroxylation sites is 1. The molecule has 0 aliphatic heterocycles. The zero-order valence-corrected chi connectivity index (χ0v) is 11.9. The molecule has 0 atom stereocenters. The van der Waals surface area contributed by atoms with Crippen molar-refractivity contribution < 1.29 is 14.6 Å². The number of esters is 1. The first-order valence-corrected chi connectivity index (χ1v) is 6.95. The molecule has 3 rings (SSSR count). The lowest BCUT2D eigenvalue weighted by Crippen LogP contribution is -2.08. The van der Waals surface area contributed by atoms with Gasteiger partial charge < -0.3 is 14.4 Å². The predicted molar refractivity (Wildman–Crippen MR) is 82.0 cm³/mol. The summed E-state index contributed by atoms with van der Waals surface area (Å²) in [6.45, 7) is 2.41. The molecule has 4 heteroatoms. The van der Waals surface area contributed by atoms with E-state index >= 15 is 0 Å². The van der Waals surface area contributed by atoms with Crippen LogP contribution in [0.3, 0.4) is 0 Å². The van der Waals surface area contributed by atoms with E-state index in [0.29, 0.717) is 13.2 Å². The number of rotatable bonds is 4. The van der Waals surface area contributed by atoms with Crippen molar-refractivity contribution in [3.05, 3.63) is 48.0 Å². The van der Waals surface area contributed by atoms with E-state index in [1.54, 1.807) is 0 Å². The molecular formula is C17H17NO3. The largest absolute Gasteiger partial charge is 0.464 e. The van der Waals surface area contributed by atoms with Crippen LogP contribution in [0.4, 0.5) is 0 Å². The number of aliphatic hydroxyl groups excluding tert-OH is 1. The van der Waals surface area contributed by atoms with E-state index in [9.17, 15) is 9.90 Å². The maximum absolute atomic E-state index is 10.9. The molecule has 0 saturated carbocycles. The minimum Gasteiger partial charge on any atom is -0.464 e. The molecule has 2 aromatic carbocycles. The normalized spacial score (nSPS) is 11.1. The summed E-state index contributed by atoms with van der Waals surface area (Å²) in [4.78, 5) is 10.9. The van der Waals surface area contributed by atoms with Gasteiger partial charge in [0.25, 0.3) is 0 Å². The molecule has 0 aliphatic rings. The number of nitrogens with zero attached hydrogens (tertiary/aromatic N) is 1. The van der Waals surface area contributed by atoms with Crippen LogP contribution in [0, 0.1) is 0 Å². The Kier molecular flexibility index (Phi) is 3.62. The first-order chi connectivity index (χ1) is 10.2. The Morgan fingerprint density at radius 2 is 1.90 bits per heavy atom. The van der Waals surface area contributed by atoms with Crippen molar-refractivity contribution >= 4 is 27.8 Å². The maximum Gasteiger partial charge on any atom is 0.302 e. The minimum absolute atomic E-state index is 0.0306. The SMILES string of the molecule is CC(=O)OCCn1c2ccccc2c2cc(CO)ccc21. The first kappa shape index (κ1) is 13.6. The number of benzene rings is 2. The minimum atomic E-state index is -0.265. The highest BCUT2D eigenvalue weighted by Gasteiger charge is 2.10. The molecule has 0 aliphatic carbocycles. The van der Waals surface area contributed by atoms with Crippen molar-refractivity contribution in [3.8, 4) is 0 Å². The van der Waals surface area contributed by atoms with E-state index in [4.69, 9.17) is 4.74 Å². The van der Waals surface area contributed by atoms with Crippen LogP contribution in [0.25, 0.3) is 21.8 Å². The molecule has 108 valence electrons. The van der Waals surface area contributed by atoms with Gasteiger partial charge >= 0.3 is 5.97 Å². The number of aliphatic hydroxyl groups is 1. The van der Waals surface area contributed by atoms with Crippen LogP contribution in [-0.2, 0) is 22.7 Å². The Bertz CT molecular complexity index is 804. The van der Waals surface area contributed by atoms with E-state index in [0.717, 1.165) is 27.4 Å². The predicted octanol–water partition coefficient (Wildman–Crippen LogP) is 2.85. The molecule has 1 heterocycles. The van der Waals surface area contributed by atoms with Gasteiger partial charge in [-0.05, 0) is 23.8 Å². The van der Waals surface area contributed by atoms with Crippen LogP contribution >= 0.6 is 0 Å². The smallest absolute Gasteiger partial charge is 0.302 e. The van der Waals surface area contributed by atoms with Crippen molar-refractivity contribution in [3.63, 3.8) is 0 Å². The van der Waals surface area contributed by atoms with Gasteiger partial charge in [-0.2, -0.15) is 0 Å². The molecule has 21 heavy (non-hydrogen) atoms. The van der Waals surface area contributed by atoms with Crippen LogP contribution in [0.15, 0.2) is 42.5 Å². The second-order valence-electron chi connectivity index (χ2n) is 5.02. The number of aromatic nitrogens is 1. The summed E-state index contributed by atoms with van der Waals surface area (Å²) in [5.41, 5.74) is 3.08. The molecule has 0 unspecified atom stereocenters. The van der Waals surface area contributed by atoms with Crippen molar-refractivity contribution in [2.75, 3.05) is 6.61 Å². The second-order valence-corrected chi connectivity index (χ2v) is 5.02. The zero-order chi connectivity index (χ0) is 14.8. The molecule has 0 radical (unpaired) electrons. The first-order valence-electron chi connectivity index (χ1n) is 6.95. The number of carbonyl (C=O) groups excluding carboxylic acids is 1. The van der Waals surface area contributed by atoms with Crippen molar-refractivity contribution in [1.29, 1.82) is 0 Å². The number of hydrogen-bond donors (Lipinski definition) is 1. The number of carbonyl (C=O) groups is 1. The fourth-order valence-electron chi connectivity index (χ4n) is 2.72. The molecule has 0 amide bonds. The molecule has 0 spiro atoms. The monoisotopic (exact) mass is 283 g/mol. The molecule has 1 N–H and O–H groups in total. The zero-order valence-electron chi connectivity index (χ0n) is 11.9. The quantitative estimate of drug-likeness (QED) is 0.749. The molecule has 3 aromatic rings. The lowest BCUT2D eigenvalue weighted by Gasteiger charge is -2.07. The lowest BCUT2D eigenvalue weighted by molar-refractivity contribution is -0.141. The fourth-order valence-corrected chi connectivity index (χ4v) is 2.72. The maximum atomic E-state index is 10.9. The number of hydrogen-bond acceptors (Lipinski definition) is 3. The average Bonchev–Trinajstić information content (AvgIpc) is 2.81. The van der Waals surface area contributed by atoms with Crippen LogP contribution < -0.4 is 0 Å². The summed E-state index contributed by atoms with van der Waals surface area (Å²) in [6, 6.07) is 14.1. The van der Waals surface area contributed by atoms with E-state index in [1.807, 2.05) is 30.3 Å². The Balaban J connectivity index is 2.13. The summed E-state index contributed by atoms with van der Waals surface area (Å²) in [5.74, 6) is -0.265. The average molecular weight is 283 g/mol. The molecule has 0 fully saturated rings. The van der Waals surface area contributed by atoms with E-state index in [1.165, 1.54) is 6.92 Å². The third-order valence-electron chi connectivity index (χ3n) is 3.64. The highest BCUT2D eigenvalue weighted by Crippen LogP contribution is 2.29. The standard InChI is InChI=1S/C17H17NO3/c1-12(20)21-9-8-18-16-5-3-2-4-14(16)15-10-13(11-19)6-7-17(15)18/h2-7,10,19H,8-9,11H2,1H3. The second kappa shape index (κ2) is 5.58. The van der Waals surface area contributed by atoms with Gasteiger partial charge in [-0.3, -0.25) is 4.79 Å². The van der Waals surface area contributed by atoms with E-state index in [2.05, 4.69) is 16.7 Å². The van der Waals surface area contributed by atoms with Gasteiger partial charge in [-0.15, -0.1) is 0 Å². The van der Waals surface area contributed by atoms with E-state index < -0.39 is 0 Å². The molecular weight excluding hydrogens is 266 g/mol. The van der Waals surface area contributed by atoms with Crippen molar-refractivity contribution in [2.24, 2.45) is 0 Å². The van der Waals surface area contributed by atoms with Gasteiger partial charge in [-0.25, -0.2) is 0 Å². The summed E-state index contributed by atoms with van der Waals surface area (Å²) >= 11 is 0. The van der Waals surface area contributed by atoms with Crippen LogP contribution in [0.1, 0.15) is 12.5 Å². The topological polar surface area (TPSA) is 51.5 Å². The van der Waals surface area contributed by atoms with E-state index in [-0.39, 0.29) is 12.6 Å². The van der Waals surface area contributed by atoms with Crippen LogP contribution in [0.2, 0.25) is 0 Å². The Hall–Kier alpha value is -2.33. The summed E-state index contributed by atoms with van der Waals surface area (Å²) in [5, 5.41) is 11.6. The van der Waals surface area contributed by atoms with Gasteiger partial charge in [-0.1, -0.05) is 24.3 Å². The van der Waals surface area contributed by atoms with Gasteiger partial charge in [0.2, 0.25) is 0 Å². The Morgan fingerprint density at radius 3 is 2.67 bits per heavy atom. The van der Waals surface area contributed by atoms with Gasteiger partial charge in [0.1, 0.15) is 6.61 Å². The number of ether oxygens (including phenoxy) is 1. The van der Waals surface area contributed by atoms with Gasteiger partial charge in [0.05, 0.1) is 13.2 Å². The highest BCUT2D eigenvalue weighted by atomic mass is 16.5. The van der Waals surface area contributed by atoms with Gasteiger partial charge in [0.15, 0.2) is 0 Å². The van der Waals surface area contributed by atoms with Gasteiger partial charge in [0, 0.05) is 28.7 Å². The fraction of sp³-hybridized carbons (Fsp3) is 0.235. The Labute approximate surface area is 122 Å². The lowest BCUT2D eigenvalue weighted by atomic mass is 10.1. The molecule has 0 bridgehead atoms. The molecule has 0 saturated heterocycles. The molecule has 1 aromatic heterocycles. The number of fused-ring (bicyclic) bond motifs is 3. The summed E-state index contributed by atoms with van der Waals surface area (Å²) in [6.07, 6.45) is 0. The van der Waals surface area contributed by atoms with Crippen molar-refractivity contribution in [1.82, 2.24) is 4.57 Å². The highest BCUT2D eigenvalue weighted by molar-refractivity contribution is 6.08. The molecule has 4 nitrogen and oxygen atoms in total. The third-order valence-corrected chi connectivity index (χ3v) is 3.64. The van der Waals surface area contributed by atoms with Crippen LogP contribution in [0.5, 0.6) is 0 Å².